The van der Waals surface area contributed by atoms with Crippen LogP contribution >= 0.6 is 23.1 Å². The number of carbonyl (C=O) groups excluding carboxylic acids is 2. The van der Waals surface area contributed by atoms with Gasteiger partial charge in [0.2, 0.25) is 5.82 Å². The Bertz CT molecular complexity index is 1490. The molecule has 36 heavy (non-hydrogen) atoms. The molecule has 1 aliphatic heterocycles. The summed E-state index contributed by atoms with van der Waals surface area (Å²) in [6.07, 6.45) is 3.96. The van der Waals surface area contributed by atoms with Gasteiger partial charge >= 0.3 is 0 Å². The van der Waals surface area contributed by atoms with Crippen molar-refractivity contribution in [3.8, 4) is 11.8 Å². The molecule has 4 aromatic rings. The molecule has 0 aliphatic carbocycles. The first kappa shape index (κ1) is 23.8. The molecule has 182 valence electrons. The van der Waals surface area contributed by atoms with Gasteiger partial charge in [0.1, 0.15) is 22.6 Å². The van der Waals surface area contributed by atoms with Gasteiger partial charge in [-0.15, -0.1) is 33.3 Å². The van der Waals surface area contributed by atoms with Gasteiger partial charge in [0.05, 0.1) is 17.4 Å². The number of H-pyrrole nitrogens is 1. The number of nitrogens with one attached hydrogen (secondary N) is 2. The van der Waals surface area contributed by atoms with Crippen molar-refractivity contribution in [2.24, 2.45) is 7.05 Å². The molecule has 0 saturated carbocycles. The number of aryl methyl sites for hydroxylation is 1. The SMILES string of the molecule is Cc1c(C#Cc2cncn2C)sc2c1SCC(NC(=O)c1nnc(Cc3ccccc3)[nH]1)C(=O)N2C. The quantitative estimate of drug-likeness (QED) is 0.403. The number of rotatable bonds is 4. The Morgan fingerprint density at radius 2 is 2.03 bits per heavy atom. The van der Waals surface area contributed by atoms with Gasteiger partial charge in [-0.05, 0) is 29.9 Å². The number of thiophene rings is 1. The Kier molecular flexibility index (Phi) is 6.63. The van der Waals surface area contributed by atoms with Crippen molar-refractivity contribution in [3.63, 3.8) is 0 Å². The lowest BCUT2D eigenvalue weighted by Gasteiger charge is -2.20. The molecule has 2 amide bonds. The molecular weight excluding hydrogens is 494 g/mol. The molecule has 0 fully saturated rings. The molecule has 0 radical (unpaired) electrons. The maximum Gasteiger partial charge on any atom is 0.289 e. The number of aromatic nitrogens is 5. The zero-order valence-corrected chi connectivity index (χ0v) is 21.5. The van der Waals surface area contributed by atoms with Crippen LogP contribution in [0.15, 0.2) is 47.8 Å². The standard InChI is InChI=1S/C25H23N7O2S2/c1-15-19(10-9-17-12-26-14-31(17)2)36-25-21(15)35-13-18(24(34)32(25)3)27-23(33)22-28-20(29-30-22)11-16-7-5-4-6-8-16/h4-8,12,14,18H,11,13H2,1-3H3,(H,27,33)(H,28,29,30). The summed E-state index contributed by atoms with van der Waals surface area (Å²) in [6.45, 7) is 2.01. The van der Waals surface area contributed by atoms with E-state index in [4.69, 9.17) is 0 Å². The predicted octanol–water partition coefficient (Wildman–Crippen LogP) is 2.77. The first-order valence-electron chi connectivity index (χ1n) is 11.2. The third-order valence-corrected chi connectivity index (χ3v) is 8.49. The van der Waals surface area contributed by atoms with Gasteiger partial charge in [0, 0.05) is 31.2 Å². The zero-order chi connectivity index (χ0) is 25.2. The van der Waals surface area contributed by atoms with Crippen LogP contribution < -0.4 is 10.2 Å². The van der Waals surface area contributed by atoms with Crippen molar-refractivity contribution in [2.45, 2.75) is 24.3 Å². The molecule has 0 spiro atoms. The highest BCUT2D eigenvalue weighted by molar-refractivity contribution is 7.99. The van der Waals surface area contributed by atoms with Crippen molar-refractivity contribution in [1.29, 1.82) is 0 Å². The molecule has 1 atom stereocenters. The molecule has 1 aliphatic rings. The fraction of sp³-hybridized carbons (Fsp3) is 0.240. The highest BCUT2D eigenvalue weighted by atomic mass is 32.2. The monoisotopic (exact) mass is 517 g/mol. The number of imidazole rings is 1. The highest BCUT2D eigenvalue weighted by Gasteiger charge is 2.33. The number of fused-ring (bicyclic) bond motifs is 1. The average molecular weight is 518 g/mol. The number of hydrogen-bond acceptors (Lipinski definition) is 7. The second-order valence-electron chi connectivity index (χ2n) is 8.35. The first-order chi connectivity index (χ1) is 17.4. The smallest absolute Gasteiger partial charge is 0.289 e. The van der Waals surface area contributed by atoms with E-state index in [1.54, 1.807) is 36.2 Å². The number of likely N-dealkylation sites (N-methyl/N-ethyl adjacent to an activating group) is 1. The van der Waals surface area contributed by atoms with Crippen LogP contribution in [-0.4, -0.2) is 55.4 Å². The normalized spacial score (nSPS) is 15.1. The number of anilines is 1. The molecule has 0 saturated heterocycles. The summed E-state index contributed by atoms with van der Waals surface area (Å²) < 4.78 is 1.86. The van der Waals surface area contributed by atoms with E-state index in [0.29, 0.717) is 18.0 Å². The van der Waals surface area contributed by atoms with Gasteiger partial charge in [-0.2, -0.15) is 0 Å². The second kappa shape index (κ2) is 10.0. The van der Waals surface area contributed by atoms with Crippen LogP contribution in [0.5, 0.6) is 0 Å². The highest BCUT2D eigenvalue weighted by Crippen LogP contribution is 2.43. The molecule has 5 rings (SSSR count). The van der Waals surface area contributed by atoms with Crippen LogP contribution in [0.2, 0.25) is 0 Å². The Morgan fingerprint density at radius 3 is 2.78 bits per heavy atom. The topological polar surface area (TPSA) is 109 Å². The molecule has 4 heterocycles. The van der Waals surface area contributed by atoms with Crippen LogP contribution in [0, 0.1) is 18.8 Å². The van der Waals surface area contributed by atoms with E-state index in [0.717, 1.165) is 31.6 Å². The summed E-state index contributed by atoms with van der Waals surface area (Å²) in [7, 11) is 3.62. The van der Waals surface area contributed by atoms with Crippen LogP contribution in [0.25, 0.3) is 0 Å². The van der Waals surface area contributed by atoms with Gasteiger partial charge in [0.15, 0.2) is 0 Å². The van der Waals surface area contributed by atoms with Gasteiger partial charge < -0.3 is 19.8 Å². The van der Waals surface area contributed by atoms with E-state index in [1.165, 1.54) is 11.3 Å². The Morgan fingerprint density at radius 1 is 1.22 bits per heavy atom. The summed E-state index contributed by atoms with van der Waals surface area (Å²) in [5.74, 6) is 6.79. The minimum absolute atomic E-state index is 0.0873. The maximum atomic E-state index is 13.2. The van der Waals surface area contributed by atoms with Gasteiger partial charge in [-0.25, -0.2) is 4.98 Å². The van der Waals surface area contributed by atoms with Crippen LogP contribution in [-0.2, 0) is 18.3 Å². The minimum Gasteiger partial charge on any atom is -0.337 e. The number of carbonyl (C=O) groups is 2. The second-order valence-corrected chi connectivity index (χ2v) is 10.4. The van der Waals surface area contributed by atoms with E-state index >= 15 is 0 Å². The zero-order valence-electron chi connectivity index (χ0n) is 19.9. The molecule has 0 bridgehead atoms. The fourth-order valence-electron chi connectivity index (χ4n) is 3.76. The Balaban J connectivity index is 1.29. The molecular formula is C25H23N7O2S2. The van der Waals surface area contributed by atoms with Crippen LogP contribution in [0.1, 0.15) is 38.1 Å². The number of hydrogen-bond donors (Lipinski definition) is 2. The van der Waals surface area contributed by atoms with Crippen molar-refractivity contribution in [1.82, 2.24) is 30.0 Å². The summed E-state index contributed by atoms with van der Waals surface area (Å²) in [5, 5.41) is 11.7. The van der Waals surface area contributed by atoms with E-state index < -0.39 is 11.9 Å². The van der Waals surface area contributed by atoms with E-state index in [9.17, 15) is 9.59 Å². The lowest BCUT2D eigenvalue weighted by atomic mass is 10.1. The summed E-state index contributed by atoms with van der Waals surface area (Å²) in [5.41, 5.74) is 2.91. The number of amides is 2. The number of nitrogens with zero attached hydrogens (tertiary/aromatic N) is 5. The first-order valence-corrected chi connectivity index (χ1v) is 13.0. The van der Waals surface area contributed by atoms with Crippen LogP contribution in [0.3, 0.4) is 0 Å². The Hall–Kier alpha value is -3.88. The summed E-state index contributed by atoms with van der Waals surface area (Å²) >= 11 is 3.02. The van der Waals surface area contributed by atoms with Gasteiger partial charge in [0.25, 0.3) is 11.8 Å². The van der Waals surface area contributed by atoms with E-state index in [2.05, 4.69) is 37.3 Å². The van der Waals surface area contributed by atoms with E-state index in [1.807, 2.05) is 48.9 Å². The third-order valence-electron chi connectivity index (χ3n) is 5.79. The maximum absolute atomic E-state index is 13.2. The fourth-order valence-corrected chi connectivity index (χ4v) is 6.29. The lowest BCUT2D eigenvalue weighted by Crippen LogP contribution is -2.48. The minimum atomic E-state index is -0.696. The van der Waals surface area contributed by atoms with Crippen LogP contribution in [0.4, 0.5) is 5.00 Å². The Labute approximate surface area is 216 Å². The van der Waals surface area contributed by atoms with Crippen molar-refractivity contribution in [3.05, 3.63) is 76.2 Å². The molecule has 2 N–H and O–H groups in total. The molecule has 3 aromatic heterocycles. The van der Waals surface area contributed by atoms with Crippen molar-refractivity contribution in [2.75, 3.05) is 17.7 Å². The van der Waals surface area contributed by atoms with E-state index in [-0.39, 0.29) is 11.7 Å². The number of aromatic amines is 1. The van der Waals surface area contributed by atoms with Gasteiger partial charge in [-0.3, -0.25) is 9.59 Å². The summed E-state index contributed by atoms with van der Waals surface area (Å²) in [6, 6.07) is 9.10. The predicted molar refractivity (Wildman–Crippen MR) is 139 cm³/mol. The lowest BCUT2D eigenvalue weighted by molar-refractivity contribution is -0.119. The van der Waals surface area contributed by atoms with Crippen molar-refractivity contribution >= 4 is 39.9 Å². The third kappa shape index (κ3) is 4.78. The number of benzene rings is 1. The largest absolute Gasteiger partial charge is 0.337 e. The van der Waals surface area contributed by atoms with Gasteiger partial charge in [-0.1, -0.05) is 30.3 Å². The molecule has 11 heteroatoms. The van der Waals surface area contributed by atoms with Crippen molar-refractivity contribution < 1.29 is 9.59 Å². The molecule has 9 nitrogen and oxygen atoms in total. The summed E-state index contributed by atoms with van der Waals surface area (Å²) in [4.78, 5) is 36.7. The number of thioether (sulfide) groups is 1. The average Bonchev–Trinajstić information content (AvgIpc) is 3.57. The molecule has 1 unspecified atom stereocenters. The molecule has 1 aromatic carbocycles.